The van der Waals surface area contributed by atoms with Gasteiger partial charge in [-0.05, 0) is 48.9 Å². The van der Waals surface area contributed by atoms with Gasteiger partial charge in [-0.1, -0.05) is 0 Å². The van der Waals surface area contributed by atoms with Crippen molar-refractivity contribution in [1.29, 1.82) is 0 Å². The monoisotopic (exact) mass is 410 g/mol. The lowest BCUT2D eigenvalue weighted by Gasteiger charge is -2.21. The number of halogens is 1. The molecule has 1 aliphatic heterocycles. The number of hydrogen-bond donors (Lipinski definition) is 1. The van der Waals surface area contributed by atoms with Crippen LogP contribution in [0.3, 0.4) is 0 Å². The number of carbonyl (C=O) groups excluding carboxylic acids is 2. The van der Waals surface area contributed by atoms with Gasteiger partial charge in [-0.25, -0.2) is 14.2 Å². The van der Waals surface area contributed by atoms with Crippen LogP contribution < -0.4 is 5.32 Å². The molecule has 0 saturated carbocycles. The maximum Gasteiger partial charge on any atom is 0.325 e. The smallest absolute Gasteiger partial charge is 0.325 e. The van der Waals surface area contributed by atoms with Crippen molar-refractivity contribution in [3.05, 3.63) is 82.1 Å². The van der Waals surface area contributed by atoms with Crippen LogP contribution in [0.5, 0.6) is 0 Å². The number of oxazole rings is 1. The molecule has 1 saturated heterocycles. The molecule has 10 heteroatoms. The fourth-order valence-electron chi connectivity index (χ4n) is 3.22. The number of aromatic nitrogens is 1. The van der Waals surface area contributed by atoms with Crippen LogP contribution >= 0.6 is 0 Å². The summed E-state index contributed by atoms with van der Waals surface area (Å²) < 4.78 is 18.7. The van der Waals surface area contributed by atoms with Crippen molar-refractivity contribution >= 4 is 17.6 Å². The molecule has 1 aromatic heterocycles. The highest BCUT2D eigenvalue weighted by molar-refractivity contribution is 6.07. The zero-order valence-corrected chi connectivity index (χ0v) is 15.7. The highest BCUT2D eigenvalue weighted by Crippen LogP contribution is 2.31. The lowest BCUT2D eigenvalue weighted by atomic mass is 9.92. The predicted octanol–water partition coefficient (Wildman–Crippen LogP) is 3.36. The summed E-state index contributed by atoms with van der Waals surface area (Å²) in [6, 6.07) is 10.4. The van der Waals surface area contributed by atoms with Gasteiger partial charge in [0.25, 0.3) is 11.6 Å². The first-order chi connectivity index (χ1) is 14.3. The number of urea groups is 1. The summed E-state index contributed by atoms with van der Waals surface area (Å²) >= 11 is 0. The Morgan fingerprint density at radius 2 is 1.83 bits per heavy atom. The highest BCUT2D eigenvalue weighted by atomic mass is 19.1. The number of nitrogens with one attached hydrogen (secondary N) is 1. The zero-order chi connectivity index (χ0) is 21.5. The molecule has 152 valence electrons. The van der Waals surface area contributed by atoms with Crippen LogP contribution in [0.1, 0.15) is 18.4 Å². The van der Waals surface area contributed by atoms with Crippen LogP contribution in [-0.2, 0) is 16.9 Å². The molecule has 3 amide bonds. The molecule has 1 fully saturated rings. The van der Waals surface area contributed by atoms with Gasteiger partial charge in [-0.2, -0.15) is 0 Å². The Bertz CT molecular complexity index is 1140. The number of non-ortho nitro benzene ring substituents is 1. The average Bonchev–Trinajstić information content (AvgIpc) is 3.28. The summed E-state index contributed by atoms with van der Waals surface area (Å²) in [6.07, 6.45) is 1.43. The number of nitro groups is 1. The van der Waals surface area contributed by atoms with E-state index in [1.54, 1.807) is 0 Å². The molecule has 1 atom stereocenters. The Hall–Kier alpha value is -4.08. The molecule has 4 rings (SSSR count). The molecule has 0 bridgehead atoms. The van der Waals surface area contributed by atoms with E-state index in [1.165, 1.54) is 61.7 Å². The number of nitro benzene ring substituents is 1. The standard InChI is InChI=1S/C20H15FN4O5/c1-20(13-4-8-15(9-5-13)25(28)29)18(26)24(19(27)23-20)11-17-22-10-16(30-17)12-2-6-14(21)7-3-12/h2-10H,11H2,1H3,(H,23,27). The number of nitrogens with zero attached hydrogens (tertiary/aromatic N) is 3. The van der Waals surface area contributed by atoms with E-state index < -0.39 is 22.4 Å². The van der Waals surface area contributed by atoms with Gasteiger partial charge >= 0.3 is 6.03 Å². The van der Waals surface area contributed by atoms with Crippen molar-refractivity contribution in [3.8, 4) is 11.3 Å². The van der Waals surface area contributed by atoms with E-state index in [0.717, 1.165) is 4.90 Å². The van der Waals surface area contributed by atoms with E-state index in [4.69, 9.17) is 4.42 Å². The molecule has 30 heavy (non-hydrogen) atoms. The Balaban J connectivity index is 1.54. The number of hydrogen-bond acceptors (Lipinski definition) is 6. The predicted molar refractivity (Wildman–Crippen MR) is 101 cm³/mol. The number of carbonyl (C=O) groups is 2. The van der Waals surface area contributed by atoms with Crippen LogP contribution in [0.15, 0.2) is 59.1 Å². The van der Waals surface area contributed by atoms with Gasteiger partial charge in [0.1, 0.15) is 17.9 Å². The summed E-state index contributed by atoms with van der Waals surface area (Å²) in [5, 5.41) is 13.4. The lowest BCUT2D eigenvalue weighted by molar-refractivity contribution is -0.384. The quantitative estimate of drug-likeness (QED) is 0.391. The van der Waals surface area contributed by atoms with Crippen molar-refractivity contribution in [2.45, 2.75) is 19.0 Å². The molecule has 0 spiro atoms. The van der Waals surface area contributed by atoms with Crippen LogP contribution in [0.25, 0.3) is 11.3 Å². The molecule has 0 radical (unpaired) electrons. The fourth-order valence-corrected chi connectivity index (χ4v) is 3.22. The van der Waals surface area contributed by atoms with E-state index >= 15 is 0 Å². The van der Waals surface area contributed by atoms with Gasteiger partial charge in [0, 0.05) is 17.7 Å². The molecule has 1 aliphatic rings. The number of imide groups is 1. The average molecular weight is 410 g/mol. The van der Waals surface area contributed by atoms with Crippen molar-refractivity contribution in [2.75, 3.05) is 0 Å². The summed E-state index contributed by atoms with van der Waals surface area (Å²) in [6.45, 7) is 1.32. The van der Waals surface area contributed by atoms with Crippen molar-refractivity contribution in [3.63, 3.8) is 0 Å². The number of rotatable bonds is 5. The second kappa shape index (κ2) is 7.07. The van der Waals surface area contributed by atoms with Crippen molar-refractivity contribution in [1.82, 2.24) is 15.2 Å². The number of benzene rings is 2. The third-order valence-corrected chi connectivity index (χ3v) is 4.91. The topological polar surface area (TPSA) is 119 Å². The zero-order valence-electron chi connectivity index (χ0n) is 15.7. The van der Waals surface area contributed by atoms with Gasteiger partial charge in [0.2, 0.25) is 5.89 Å². The second-order valence-corrected chi connectivity index (χ2v) is 6.88. The molecular weight excluding hydrogens is 395 g/mol. The van der Waals surface area contributed by atoms with Crippen LogP contribution in [0.2, 0.25) is 0 Å². The largest absolute Gasteiger partial charge is 0.439 e. The Morgan fingerprint density at radius 1 is 1.17 bits per heavy atom. The van der Waals surface area contributed by atoms with E-state index in [9.17, 15) is 24.1 Å². The van der Waals surface area contributed by atoms with Crippen LogP contribution in [0, 0.1) is 15.9 Å². The first kappa shape index (κ1) is 19.2. The maximum atomic E-state index is 13.1. The van der Waals surface area contributed by atoms with Gasteiger partial charge in [-0.15, -0.1) is 0 Å². The van der Waals surface area contributed by atoms with Gasteiger partial charge in [0.15, 0.2) is 5.76 Å². The molecule has 3 aromatic rings. The molecule has 2 heterocycles. The third kappa shape index (κ3) is 3.28. The minimum atomic E-state index is -1.38. The molecule has 2 aromatic carbocycles. The van der Waals surface area contributed by atoms with Crippen LogP contribution in [-0.4, -0.2) is 26.7 Å². The molecule has 9 nitrogen and oxygen atoms in total. The van der Waals surface area contributed by atoms with Crippen LogP contribution in [0.4, 0.5) is 14.9 Å². The normalized spacial score (nSPS) is 18.5. The number of amides is 3. The van der Waals surface area contributed by atoms with E-state index in [0.29, 0.717) is 16.9 Å². The van der Waals surface area contributed by atoms with Gasteiger partial charge in [-0.3, -0.25) is 19.8 Å². The van der Waals surface area contributed by atoms with Crippen molar-refractivity contribution < 1.29 is 23.3 Å². The van der Waals surface area contributed by atoms with E-state index in [1.807, 2.05) is 0 Å². The Labute approximate surface area is 169 Å². The van der Waals surface area contributed by atoms with Gasteiger partial charge in [0.05, 0.1) is 11.1 Å². The highest BCUT2D eigenvalue weighted by Gasteiger charge is 2.49. The lowest BCUT2D eigenvalue weighted by Crippen LogP contribution is -2.40. The summed E-state index contributed by atoms with van der Waals surface area (Å²) in [5.41, 5.74) is -0.487. The fraction of sp³-hybridized carbons (Fsp3) is 0.150. The second-order valence-electron chi connectivity index (χ2n) is 6.88. The molecule has 1 N–H and O–H groups in total. The molecule has 1 unspecified atom stereocenters. The third-order valence-electron chi connectivity index (χ3n) is 4.91. The summed E-state index contributed by atoms with van der Waals surface area (Å²) in [5.74, 6) is -0.424. The molecular formula is C20H15FN4O5. The first-order valence-electron chi connectivity index (χ1n) is 8.87. The first-order valence-corrected chi connectivity index (χ1v) is 8.87. The van der Waals surface area contributed by atoms with Gasteiger partial charge < -0.3 is 9.73 Å². The Morgan fingerprint density at radius 3 is 2.47 bits per heavy atom. The van der Waals surface area contributed by atoms with Crippen molar-refractivity contribution in [2.24, 2.45) is 0 Å². The SMILES string of the molecule is CC1(c2ccc([N+](=O)[O-])cc2)NC(=O)N(Cc2ncc(-c3ccc(F)cc3)o2)C1=O. The molecule has 0 aliphatic carbocycles. The summed E-state index contributed by atoms with van der Waals surface area (Å²) in [4.78, 5) is 40.7. The maximum absolute atomic E-state index is 13.1. The minimum Gasteiger partial charge on any atom is -0.439 e. The minimum absolute atomic E-state index is 0.121. The van der Waals surface area contributed by atoms with E-state index in [-0.39, 0.29) is 23.9 Å². The van der Waals surface area contributed by atoms with E-state index in [2.05, 4.69) is 10.3 Å². The Kier molecular flexibility index (Phi) is 4.53. The summed E-state index contributed by atoms with van der Waals surface area (Å²) in [7, 11) is 0.